The minimum absolute atomic E-state index is 0.255. The lowest BCUT2D eigenvalue weighted by atomic mass is 10.0. The molecule has 0 radical (unpaired) electrons. The average Bonchev–Trinajstić information content (AvgIpc) is 2.85. The molecule has 5 nitrogen and oxygen atoms in total. The number of amides is 1. The lowest BCUT2D eigenvalue weighted by Crippen LogP contribution is -2.42. The Hall–Kier alpha value is -2.30. The topological polar surface area (TPSA) is 60.3 Å². The molecule has 124 valence electrons. The third kappa shape index (κ3) is 4.34. The van der Waals surface area contributed by atoms with E-state index in [0.29, 0.717) is 18.6 Å². The molecule has 0 saturated heterocycles. The third-order valence-corrected chi connectivity index (χ3v) is 3.62. The van der Waals surface area contributed by atoms with Gasteiger partial charge in [-0.3, -0.25) is 4.79 Å². The Morgan fingerprint density at radius 1 is 1.22 bits per heavy atom. The van der Waals surface area contributed by atoms with Crippen LogP contribution in [0.2, 0.25) is 0 Å². The molecule has 5 heteroatoms. The lowest BCUT2D eigenvalue weighted by Gasteiger charge is -2.19. The van der Waals surface area contributed by atoms with E-state index in [0.717, 1.165) is 10.8 Å². The molecule has 0 spiro atoms. The first-order chi connectivity index (χ1) is 10.9. The zero-order chi connectivity index (χ0) is 17.0. The Kier molecular flexibility index (Phi) is 5.42. The first-order valence-corrected chi connectivity index (χ1v) is 7.94. The van der Waals surface area contributed by atoms with Crippen molar-refractivity contribution in [1.82, 2.24) is 9.88 Å². The summed E-state index contributed by atoms with van der Waals surface area (Å²) in [4.78, 5) is 24.5. The number of esters is 1. The summed E-state index contributed by atoms with van der Waals surface area (Å²) >= 11 is 0. The van der Waals surface area contributed by atoms with Crippen LogP contribution in [0, 0.1) is 5.92 Å². The normalized spacial score (nSPS) is 12.4. The van der Waals surface area contributed by atoms with Crippen molar-refractivity contribution in [2.75, 3.05) is 6.61 Å². The number of ether oxygens (including phenoxy) is 1. The number of aromatic nitrogens is 1. The molecule has 0 aliphatic carbocycles. The number of aryl methyl sites for hydroxylation is 1. The summed E-state index contributed by atoms with van der Waals surface area (Å²) in [5.41, 5.74) is 0.543. The maximum Gasteiger partial charge on any atom is 0.328 e. The van der Waals surface area contributed by atoms with Gasteiger partial charge in [0.2, 0.25) is 0 Å². The van der Waals surface area contributed by atoms with E-state index in [2.05, 4.69) is 5.32 Å². The van der Waals surface area contributed by atoms with Crippen LogP contribution < -0.4 is 5.32 Å². The number of rotatable bonds is 6. The summed E-state index contributed by atoms with van der Waals surface area (Å²) in [6.07, 6.45) is 4.51. The van der Waals surface area contributed by atoms with E-state index in [-0.39, 0.29) is 17.8 Å². The number of nitrogens with one attached hydrogen (secondary N) is 1. The van der Waals surface area contributed by atoms with Crippen LogP contribution in [0.4, 0.5) is 0 Å². The van der Waals surface area contributed by atoms with Crippen molar-refractivity contribution < 1.29 is 14.3 Å². The Bertz CT molecular complexity index is 703. The van der Waals surface area contributed by atoms with E-state index < -0.39 is 6.04 Å². The molecule has 1 atom stereocenters. The van der Waals surface area contributed by atoms with Gasteiger partial charge in [-0.25, -0.2) is 4.79 Å². The summed E-state index contributed by atoms with van der Waals surface area (Å²) in [5, 5.41) is 4.87. The van der Waals surface area contributed by atoms with E-state index >= 15 is 0 Å². The fourth-order valence-electron chi connectivity index (χ4n) is 2.59. The monoisotopic (exact) mass is 316 g/mol. The minimum Gasteiger partial charge on any atom is -0.464 e. The SMILES string of the molecule is CCOC(=O)C(CC(C)C)NC(=O)c1ccc2cn(C)cc2c1. The van der Waals surface area contributed by atoms with Gasteiger partial charge in [0, 0.05) is 30.4 Å². The standard InChI is InChI=1S/C18H24N2O3/c1-5-23-18(22)16(8-12(2)3)19-17(21)13-6-7-14-10-20(4)11-15(14)9-13/h6-7,9-12,16H,5,8H2,1-4H3,(H,19,21). The van der Waals surface area contributed by atoms with Crippen LogP contribution in [-0.2, 0) is 16.6 Å². The second-order valence-electron chi connectivity index (χ2n) is 6.18. The zero-order valence-corrected chi connectivity index (χ0v) is 14.1. The number of hydrogen-bond acceptors (Lipinski definition) is 3. The average molecular weight is 316 g/mol. The van der Waals surface area contributed by atoms with Crippen LogP contribution in [0.5, 0.6) is 0 Å². The molecule has 1 amide bonds. The Morgan fingerprint density at radius 2 is 1.91 bits per heavy atom. The predicted octanol–water partition coefficient (Wildman–Crippen LogP) is 2.89. The van der Waals surface area contributed by atoms with E-state index in [1.165, 1.54) is 0 Å². The fourth-order valence-corrected chi connectivity index (χ4v) is 2.59. The Morgan fingerprint density at radius 3 is 2.57 bits per heavy atom. The van der Waals surface area contributed by atoms with Crippen molar-refractivity contribution in [3.8, 4) is 0 Å². The number of fused-ring (bicyclic) bond motifs is 1. The van der Waals surface area contributed by atoms with Crippen LogP contribution in [-0.4, -0.2) is 29.1 Å². The number of nitrogens with zero attached hydrogens (tertiary/aromatic N) is 1. The second-order valence-corrected chi connectivity index (χ2v) is 6.18. The highest BCUT2D eigenvalue weighted by Gasteiger charge is 2.23. The minimum atomic E-state index is -0.617. The van der Waals surface area contributed by atoms with Gasteiger partial charge in [0.05, 0.1) is 6.61 Å². The summed E-state index contributed by atoms with van der Waals surface area (Å²) in [5.74, 6) is -0.355. The molecule has 2 rings (SSSR count). The van der Waals surface area contributed by atoms with Gasteiger partial charge in [-0.1, -0.05) is 19.9 Å². The van der Waals surface area contributed by atoms with Crippen molar-refractivity contribution in [2.24, 2.45) is 13.0 Å². The molecule has 1 heterocycles. The Balaban J connectivity index is 2.16. The van der Waals surface area contributed by atoms with Crippen molar-refractivity contribution >= 4 is 22.6 Å². The van der Waals surface area contributed by atoms with Crippen molar-refractivity contribution in [3.63, 3.8) is 0 Å². The Labute approximate surface area is 136 Å². The number of hydrogen-bond donors (Lipinski definition) is 1. The van der Waals surface area contributed by atoms with Gasteiger partial charge < -0.3 is 14.6 Å². The fraction of sp³-hybridized carbons (Fsp3) is 0.444. The van der Waals surface area contributed by atoms with Crippen LogP contribution in [0.25, 0.3) is 10.8 Å². The van der Waals surface area contributed by atoms with Gasteiger partial charge in [-0.2, -0.15) is 0 Å². The molecule has 1 aromatic heterocycles. The van der Waals surface area contributed by atoms with Crippen molar-refractivity contribution in [1.29, 1.82) is 0 Å². The molecule has 0 saturated carbocycles. The smallest absolute Gasteiger partial charge is 0.328 e. The summed E-state index contributed by atoms with van der Waals surface area (Å²) in [6.45, 7) is 6.08. The molecule has 0 fully saturated rings. The third-order valence-electron chi connectivity index (χ3n) is 3.62. The zero-order valence-electron chi connectivity index (χ0n) is 14.1. The predicted molar refractivity (Wildman–Crippen MR) is 90.3 cm³/mol. The van der Waals surface area contributed by atoms with Gasteiger partial charge >= 0.3 is 5.97 Å². The van der Waals surface area contributed by atoms with Crippen LogP contribution in [0.1, 0.15) is 37.6 Å². The highest BCUT2D eigenvalue weighted by molar-refractivity contribution is 6.00. The largest absolute Gasteiger partial charge is 0.464 e. The first kappa shape index (κ1) is 17.1. The summed E-state index contributed by atoms with van der Waals surface area (Å²) in [6, 6.07) is 4.90. The molecule has 1 aromatic carbocycles. The van der Waals surface area contributed by atoms with Gasteiger partial charge in [0.25, 0.3) is 5.91 Å². The number of benzene rings is 1. The number of carbonyl (C=O) groups is 2. The van der Waals surface area contributed by atoms with Gasteiger partial charge in [-0.15, -0.1) is 0 Å². The van der Waals surface area contributed by atoms with E-state index in [1.807, 2.05) is 50.0 Å². The van der Waals surface area contributed by atoms with E-state index in [4.69, 9.17) is 4.74 Å². The molecule has 2 aromatic rings. The molecule has 0 aliphatic rings. The molecule has 23 heavy (non-hydrogen) atoms. The van der Waals surface area contributed by atoms with Crippen LogP contribution >= 0.6 is 0 Å². The highest BCUT2D eigenvalue weighted by atomic mass is 16.5. The molecule has 0 bridgehead atoms. The molecular formula is C18H24N2O3. The van der Waals surface area contributed by atoms with Crippen LogP contribution in [0.15, 0.2) is 30.6 Å². The highest BCUT2D eigenvalue weighted by Crippen LogP contribution is 2.17. The molecule has 1 unspecified atom stereocenters. The second kappa shape index (κ2) is 7.31. The molecule has 0 aliphatic heterocycles. The number of carbonyl (C=O) groups excluding carboxylic acids is 2. The molecule has 1 N–H and O–H groups in total. The summed E-state index contributed by atoms with van der Waals surface area (Å²) in [7, 11) is 1.94. The van der Waals surface area contributed by atoms with Crippen LogP contribution in [0.3, 0.4) is 0 Å². The van der Waals surface area contributed by atoms with Gasteiger partial charge in [0.15, 0.2) is 0 Å². The van der Waals surface area contributed by atoms with Crippen molar-refractivity contribution in [3.05, 3.63) is 36.2 Å². The van der Waals surface area contributed by atoms with Crippen molar-refractivity contribution in [2.45, 2.75) is 33.2 Å². The van der Waals surface area contributed by atoms with Gasteiger partial charge in [-0.05, 0) is 36.8 Å². The quantitative estimate of drug-likeness (QED) is 0.834. The molecular weight excluding hydrogens is 292 g/mol. The van der Waals surface area contributed by atoms with E-state index in [9.17, 15) is 9.59 Å². The van der Waals surface area contributed by atoms with E-state index in [1.54, 1.807) is 13.0 Å². The lowest BCUT2D eigenvalue weighted by molar-refractivity contribution is -0.145. The van der Waals surface area contributed by atoms with Gasteiger partial charge in [0.1, 0.15) is 6.04 Å². The maximum absolute atomic E-state index is 12.5. The first-order valence-electron chi connectivity index (χ1n) is 7.94. The maximum atomic E-state index is 12.5. The summed E-state index contributed by atoms with van der Waals surface area (Å²) < 4.78 is 7.01.